The molecule has 1 aliphatic rings. The van der Waals surface area contributed by atoms with Gasteiger partial charge in [-0.3, -0.25) is 9.97 Å². The van der Waals surface area contributed by atoms with Gasteiger partial charge < -0.3 is 19.9 Å². The summed E-state index contributed by atoms with van der Waals surface area (Å²) in [6.45, 7) is 0.633. The summed E-state index contributed by atoms with van der Waals surface area (Å²) in [5.74, 6) is 0.241. The lowest BCUT2D eigenvalue weighted by molar-refractivity contribution is 0.302. The number of nitrogens with one attached hydrogen (secondary N) is 1. The number of aromatic nitrogens is 3. The molecule has 0 bridgehead atoms. The van der Waals surface area contributed by atoms with Crippen LogP contribution in [0.15, 0.2) is 91.5 Å². The second-order valence-electron chi connectivity index (χ2n) is 7.44. The number of pyridine rings is 2. The van der Waals surface area contributed by atoms with E-state index in [1.54, 1.807) is 24.5 Å². The Labute approximate surface area is 185 Å². The molecule has 31 heavy (non-hydrogen) atoms. The molecule has 1 fully saturated rings. The maximum atomic E-state index is 9.71. The van der Waals surface area contributed by atoms with Crippen molar-refractivity contribution in [2.75, 3.05) is 0 Å². The van der Waals surface area contributed by atoms with E-state index in [0.29, 0.717) is 11.7 Å². The molecular weight excluding hydrogens is 406 g/mol. The Hall–Kier alpha value is -3.71. The second kappa shape index (κ2) is 8.20. The number of aromatic hydroxyl groups is 1. The van der Waals surface area contributed by atoms with Crippen molar-refractivity contribution in [1.29, 1.82) is 0 Å². The summed E-state index contributed by atoms with van der Waals surface area (Å²) in [4.78, 5) is 11.1. The zero-order valence-corrected chi connectivity index (χ0v) is 17.5. The SMILES string of the molecule is Oc1ccc(-n2cccc2[C@@H]2[C@H](c3ccccn3)NC(=S)N2Cc2cccnc2)cc1. The predicted octanol–water partition coefficient (Wildman–Crippen LogP) is 4.15. The molecular formula is C24H21N5OS. The van der Waals surface area contributed by atoms with E-state index >= 15 is 0 Å². The molecule has 1 aliphatic heterocycles. The van der Waals surface area contributed by atoms with Crippen molar-refractivity contribution in [2.24, 2.45) is 0 Å². The number of nitrogens with zero attached hydrogens (tertiary/aromatic N) is 4. The lowest BCUT2D eigenvalue weighted by Crippen LogP contribution is -2.30. The Kier molecular flexibility index (Phi) is 5.09. The summed E-state index contributed by atoms with van der Waals surface area (Å²) < 4.78 is 2.13. The van der Waals surface area contributed by atoms with E-state index in [-0.39, 0.29) is 17.8 Å². The third kappa shape index (κ3) is 3.75. The molecule has 4 aromatic rings. The Morgan fingerprint density at radius 1 is 0.968 bits per heavy atom. The van der Waals surface area contributed by atoms with Gasteiger partial charge in [-0.05, 0) is 72.4 Å². The van der Waals surface area contributed by atoms with Crippen LogP contribution in [0.1, 0.15) is 29.0 Å². The van der Waals surface area contributed by atoms with Crippen molar-refractivity contribution in [1.82, 2.24) is 24.8 Å². The largest absolute Gasteiger partial charge is 0.508 e. The molecule has 3 aromatic heterocycles. The molecule has 2 atom stereocenters. The first-order valence-corrected chi connectivity index (χ1v) is 10.4. The van der Waals surface area contributed by atoms with Crippen LogP contribution in [0.3, 0.4) is 0 Å². The van der Waals surface area contributed by atoms with E-state index < -0.39 is 0 Å². The zero-order chi connectivity index (χ0) is 21.2. The first-order chi connectivity index (χ1) is 15.2. The van der Waals surface area contributed by atoms with Crippen LogP contribution < -0.4 is 5.32 Å². The fraction of sp³-hybridized carbons (Fsp3) is 0.125. The van der Waals surface area contributed by atoms with Gasteiger partial charge >= 0.3 is 0 Å². The van der Waals surface area contributed by atoms with Crippen LogP contribution in [0, 0.1) is 0 Å². The minimum atomic E-state index is -0.101. The lowest BCUT2D eigenvalue weighted by Gasteiger charge is -2.29. The molecule has 7 heteroatoms. The summed E-state index contributed by atoms with van der Waals surface area (Å²) in [5, 5.41) is 13.9. The van der Waals surface area contributed by atoms with E-state index in [4.69, 9.17) is 12.2 Å². The van der Waals surface area contributed by atoms with Gasteiger partial charge in [0.1, 0.15) is 5.75 Å². The van der Waals surface area contributed by atoms with E-state index in [9.17, 15) is 5.11 Å². The molecule has 1 aromatic carbocycles. The summed E-state index contributed by atoms with van der Waals surface area (Å²) >= 11 is 5.77. The van der Waals surface area contributed by atoms with Crippen molar-refractivity contribution in [3.05, 3.63) is 108 Å². The lowest BCUT2D eigenvalue weighted by atomic mass is 10.0. The van der Waals surface area contributed by atoms with Crippen LogP contribution in [0.4, 0.5) is 0 Å². The van der Waals surface area contributed by atoms with Gasteiger partial charge in [-0.25, -0.2) is 0 Å². The number of phenols is 1. The zero-order valence-electron chi connectivity index (χ0n) is 16.7. The molecule has 0 radical (unpaired) electrons. The quantitative estimate of drug-likeness (QED) is 0.467. The molecule has 2 N–H and O–H groups in total. The van der Waals surface area contributed by atoms with Crippen LogP contribution in [0.2, 0.25) is 0 Å². The van der Waals surface area contributed by atoms with Gasteiger partial charge in [0.25, 0.3) is 0 Å². The topological polar surface area (TPSA) is 66.2 Å². The van der Waals surface area contributed by atoms with E-state index in [0.717, 1.165) is 22.6 Å². The molecule has 0 unspecified atom stereocenters. The number of rotatable bonds is 5. The van der Waals surface area contributed by atoms with E-state index in [2.05, 4.69) is 36.9 Å². The molecule has 0 aliphatic carbocycles. The third-order valence-corrected chi connectivity index (χ3v) is 5.84. The van der Waals surface area contributed by atoms with E-state index in [1.807, 2.05) is 54.9 Å². The minimum absolute atomic E-state index is 0.0774. The van der Waals surface area contributed by atoms with E-state index in [1.165, 1.54) is 0 Å². The van der Waals surface area contributed by atoms with Crippen molar-refractivity contribution in [3.8, 4) is 11.4 Å². The molecule has 0 saturated carbocycles. The highest BCUT2D eigenvalue weighted by Crippen LogP contribution is 2.40. The molecule has 1 saturated heterocycles. The normalized spacial score (nSPS) is 18.2. The van der Waals surface area contributed by atoms with Crippen molar-refractivity contribution < 1.29 is 5.11 Å². The molecule has 0 spiro atoms. The van der Waals surface area contributed by atoms with Crippen LogP contribution in [0.25, 0.3) is 5.69 Å². The Morgan fingerprint density at radius 2 is 1.84 bits per heavy atom. The number of benzene rings is 1. The van der Waals surface area contributed by atoms with Gasteiger partial charge in [-0.15, -0.1) is 0 Å². The maximum Gasteiger partial charge on any atom is 0.170 e. The molecule has 4 heterocycles. The first kappa shape index (κ1) is 19.3. The van der Waals surface area contributed by atoms with Gasteiger partial charge in [0.2, 0.25) is 0 Å². The van der Waals surface area contributed by atoms with Crippen LogP contribution in [0.5, 0.6) is 5.75 Å². The van der Waals surface area contributed by atoms with Crippen molar-refractivity contribution in [2.45, 2.75) is 18.6 Å². The standard InChI is InChI=1S/C24H21N5OS/c30-19-10-8-18(9-11-19)28-14-4-7-21(28)23-22(20-6-1-2-13-26-20)27-24(31)29(23)16-17-5-3-12-25-15-17/h1-15,22-23,30H,16H2,(H,27,31)/t22-,23+/m0/s1. The van der Waals surface area contributed by atoms with Crippen molar-refractivity contribution in [3.63, 3.8) is 0 Å². The number of hydrogen-bond acceptors (Lipinski definition) is 4. The molecule has 154 valence electrons. The highest BCUT2D eigenvalue weighted by molar-refractivity contribution is 7.80. The van der Waals surface area contributed by atoms with Gasteiger partial charge in [0.15, 0.2) is 5.11 Å². The number of hydrogen-bond donors (Lipinski definition) is 2. The Bertz CT molecular complexity index is 1180. The molecule has 5 rings (SSSR count). The van der Waals surface area contributed by atoms with Crippen LogP contribution in [-0.4, -0.2) is 29.7 Å². The fourth-order valence-electron chi connectivity index (χ4n) is 4.07. The first-order valence-electron chi connectivity index (χ1n) is 10.0. The number of phenolic OH excluding ortho intramolecular Hbond substituents is 1. The second-order valence-corrected chi connectivity index (χ2v) is 7.82. The minimum Gasteiger partial charge on any atom is -0.508 e. The highest BCUT2D eigenvalue weighted by Gasteiger charge is 2.41. The smallest absolute Gasteiger partial charge is 0.170 e. The Morgan fingerprint density at radius 3 is 2.58 bits per heavy atom. The summed E-state index contributed by atoms with van der Waals surface area (Å²) in [5.41, 5.74) is 4.07. The third-order valence-electron chi connectivity index (χ3n) is 5.48. The number of thiocarbonyl (C=S) groups is 1. The summed E-state index contributed by atoms with van der Waals surface area (Å²) in [6.07, 6.45) is 7.47. The van der Waals surface area contributed by atoms with Gasteiger partial charge in [-0.1, -0.05) is 12.1 Å². The molecule has 0 amide bonds. The van der Waals surface area contributed by atoms with Crippen molar-refractivity contribution >= 4 is 17.3 Å². The van der Waals surface area contributed by atoms with Crippen LogP contribution in [-0.2, 0) is 6.54 Å². The monoisotopic (exact) mass is 427 g/mol. The predicted molar refractivity (Wildman–Crippen MR) is 123 cm³/mol. The highest BCUT2D eigenvalue weighted by atomic mass is 32.1. The molecule has 6 nitrogen and oxygen atoms in total. The summed E-state index contributed by atoms with van der Waals surface area (Å²) in [6, 6.07) is 21.1. The average molecular weight is 428 g/mol. The fourth-order valence-corrected chi connectivity index (χ4v) is 4.37. The van der Waals surface area contributed by atoms with Gasteiger partial charge in [0.05, 0.1) is 17.8 Å². The Balaban J connectivity index is 1.60. The van der Waals surface area contributed by atoms with Gasteiger partial charge in [-0.2, -0.15) is 0 Å². The average Bonchev–Trinajstić information content (AvgIpc) is 3.40. The summed E-state index contributed by atoms with van der Waals surface area (Å²) in [7, 11) is 0. The van der Waals surface area contributed by atoms with Crippen LogP contribution >= 0.6 is 12.2 Å². The maximum absolute atomic E-state index is 9.71. The van der Waals surface area contributed by atoms with Gasteiger partial charge in [0, 0.05) is 42.7 Å².